The highest BCUT2D eigenvalue weighted by Crippen LogP contribution is 2.11. The lowest BCUT2D eigenvalue weighted by Gasteiger charge is -2.04. The summed E-state index contributed by atoms with van der Waals surface area (Å²) in [6, 6.07) is 0. The second kappa shape index (κ2) is 4.40. The number of aryl methyl sites for hydroxylation is 1. The highest BCUT2D eigenvalue weighted by atomic mass is 16.5. The molecule has 3 rings (SSSR count). The van der Waals surface area contributed by atoms with E-state index in [0.717, 1.165) is 5.82 Å². The maximum atomic E-state index is 4.66. The number of fused-ring (bicyclic) bond motifs is 1. The van der Waals surface area contributed by atoms with E-state index in [1.807, 2.05) is 17.5 Å². The van der Waals surface area contributed by atoms with Gasteiger partial charge in [0.15, 0.2) is 11.6 Å². The van der Waals surface area contributed by atoms with Crippen molar-refractivity contribution in [1.29, 1.82) is 0 Å². The van der Waals surface area contributed by atoms with E-state index in [9.17, 15) is 0 Å². The zero-order valence-electron chi connectivity index (χ0n) is 9.74. The lowest BCUT2D eigenvalue weighted by atomic mass is 10.4. The molecule has 3 aromatic heterocycles. The van der Waals surface area contributed by atoms with Crippen molar-refractivity contribution < 1.29 is 4.52 Å². The molecule has 0 aliphatic rings. The van der Waals surface area contributed by atoms with Gasteiger partial charge in [-0.2, -0.15) is 4.98 Å². The van der Waals surface area contributed by atoms with Crippen LogP contribution in [0.5, 0.6) is 0 Å². The summed E-state index contributed by atoms with van der Waals surface area (Å²) >= 11 is 0. The van der Waals surface area contributed by atoms with E-state index in [-0.39, 0.29) is 0 Å². The largest absolute Gasteiger partial charge is 0.366 e. The van der Waals surface area contributed by atoms with Crippen LogP contribution in [-0.2, 0) is 6.42 Å². The van der Waals surface area contributed by atoms with Gasteiger partial charge in [-0.3, -0.25) is 4.40 Å². The summed E-state index contributed by atoms with van der Waals surface area (Å²) in [6.07, 6.45) is 5.51. The van der Waals surface area contributed by atoms with Crippen molar-refractivity contribution >= 4 is 11.5 Å². The van der Waals surface area contributed by atoms with Gasteiger partial charge in [-0.15, -0.1) is 10.2 Å². The van der Waals surface area contributed by atoms with E-state index in [1.165, 1.54) is 6.39 Å². The van der Waals surface area contributed by atoms with Crippen LogP contribution in [0.1, 0.15) is 11.6 Å². The number of nitrogens with one attached hydrogen (secondary N) is 1. The second-order valence-corrected chi connectivity index (χ2v) is 3.74. The zero-order chi connectivity index (χ0) is 12.4. The topological polar surface area (TPSA) is 94.0 Å². The Hall–Kier alpha value is -2.51. The summed E-state index contributed by atoms with van der Waals surface area (Å²) in [4.78, 5) is 8.18. The highest BCUT2D eigenvalue weighted by Gasteiger charge is 2.07. The molecule has 0 aliphatic carbocycles. The Morgan fingerprint density at radius 1 is 1.33 bits per heavy atom. The molecular formula is C10H11N7O. The van der Waals surface area contributed by atoms with Gasteiger partial charge >= 0.3 is 0 Å². The fourth-order valence-corrected chi connectivity index (χ4v) is 1.66. The molecule has 92 valence electrons. The Balaban J connectivity index is 1.74. The zero-order valence-corrected chi connectivity index (χ0v) is 9.74. The first-order valence-electron chi connectivity index (χ1n) is 5.50. The molecule has 0 atom stereocenters. The molecule has 0 fully saturated rings. The maximum Gasteiger partial charge on any atom is 0.213 e. The quantitative estimate of drug-likeness (QED) is 0.713. The Labute approximate surface area is 102 Å². The molecule has 0 unspecified atom stereocenters. The van der Waals surface area contributed by atoms with E-state index in [1.54, 1.807) is 6.20 Å². The molecule has 18 heavy (non-hydrogen) atoms. The molecule has 0 spiro atoms. The van der Waals surface area contributed by atoms with Gasteiger partial charge in [-0.05, 0) is 6.92 Å². The number of nitrogens with zero attached hydrogens (tertiary/aromatic N) is 6. The van der Waals surface area contributed by atoms with Crippen LogP contribution in [0.15, 0.2) is 23.3 Å². The van der Waals surface area contributed by atoms with Crippen molar-refractivity contribution in [2.45, 2.75) is 13.3 Å². The van der Waals surface area contributed by atoms with Crippen LogP contribution < -0.4 is 5.32 Å². The fourth-order valence-electron chi connectivity index (χ4n) is 1.66. The van der Waals surface area contributed by atoms with Crippen molar-refractivity contribution in [2.24, 2.45) is 0 Å². The van der Waals surface area contributed by atoms with Crippen LogP contribution in [-0.4, -0.2) is 36.3 Å². The number of aromatic nitrogens is 6. The summed E-state index contributed by atoms with van der Waals surface area (Å²) in [5.41, 5.74) is 0.711. The van der Waals surface area contributed by atoms with E-state index in [2.05, 4.69) is 35.2 Å². The van der Waals surface area contributed by atoms with Crippen LogP contribution in [0.4, 0.5) is 5.82 Å². The minimum Gasteiger partial charge on any atom is -0.366 e. The van der Waals surface area contributed by atoms with Crippen LogP contribution in [0.3, 0.4) is 0 Å². The van der Waals surface area contributed by atoms with E-state index >= 15 is 0 Å². The normalized spacial score (nSPS) is 10.9. The van der Waals surface area contributed by atoms with Crippen molar-refractivity contribution in [3.8, 4) is 0 Å². The fraction of sp³-hybridized carbons (Fsp3) is 0.300. The molecule has 0 amide bonds. The maximum absolute atomic E-state index is 4.66. The molecule has 8 heteroatoms. The van der Waals surface area contributed by atoms with Crippen LogP contribution in [0.25, 0.3) is 5.65 Å². The number of hydrogen-bond acceptors (Lipinski definition) is 7. The van der Waals surface area contributed by atoms with Crippen molar-refractivity contribution in [3.05, 3.63) is 30.4 Å². The monoisotopic (exact) mass is 245 g/mol. The molecule has 1 N–H and O–H groups in total. The standard InChI is InChI=1S/C10H11N7O/c1-7-14-15-10-9(12-4-5-17(7)10)11-3-2-8-13-6-18-16-8/h4-6H,2-3H2,1H3,(H,11,12). The smallest absolute Gasteiger partial charge is 0.213 e. The van der Waals surface area contributed by atoms with Crippen molar-refractivity contribution in [3.63, 3.8) is 0 Å². The molecule has 3 aromatic rings. The Bertz CT molecular complexity index is 645. The van der Waals surface area contributed by atoms with Gasteiger partial charge in [0.25, 0.3) is 0 Å². The molecule has 0 saturated carbocycles. The lowest BCUT2D eigenvalue weighted by molar-refractivity contribution is 0.410. The minimum absolute atomic E-state index is 0.651. The van der Waals surface area contributed by atoms with Gasteiger partial charge in [0.1, 0.15) is 5.82 Å². The summed E-state index contributed by atoms with van der Waals surface area (Å²) < 4.78 is 6.54. The first kappa shape index (κ1) is 10.6. The first-order valence-corrected chi connectivity index (χ1v) is 5.50. The Morgan fingerprint density at radius 3 is 3.11 bits per heavy atom. The van der Waals surface area contributed by atoms with Gasteiger partial charge < -0.3 is 9.84 Å². The van der Waals surface area contributed by atoms with E-state index < -0.39 is 0 Å². The van der Waals surface area contributed by atoms with Crippen LogP contribution in [0.2, 0.25) is 0 Å². The first-order chi connectivity index (χ1) is 8.84. The van der Waals surface area contributed by atoms with Gasteiger partial charge in [0, 0.05) is 25.4 Å². The Kier molecular flexibility index (Phi) is 2.60. The van der Waals surface area contributed by atoms with Gasteiger partial charge in [0.05, 0.1) is 0 Å². The summed E-state index contributed by atoms with van der Waals surface area (Å²) in [6.45, 7) is 2.54. The van der Waals surface area contributed by atoms with Crippen LogP contribution in [0, 0.1) is 6.92 Å². The Morgan fingerprint density at radius 2 is 2.28 bits per heavy atom. The van der Waals surface area contributed by atoms with Gasteiger partial charge in [-0.1, -0.05) is 5.16 Å². The molecule has 8 nitrogen and oxygen atoms in total. The number of rotatable bonds is 4. The minimum atomic E-state index is 0.651. The molecule has 0 saturated heterocycles. The van der Waals surface area contributed by atoms with E-state index in [0.29, 0.717) is 30.3 Å². The third-order valence-corrected chi connectivity index (χ3v) is 2.55. The van der Waals surface area contributed by atoms with Crippen molar-refractivity contribution in [2.75, 3.05) is 11.9 Å². The highest BCUT2D eigenvalue weighted by molar-refractivity contribution is 5.61. The molecule has 0 bridgehead atoms. The SMILES string of the molecule is Cc1nnc2c(NCCc3ncon3)nccn12. The predicted octanol–water partition coefficient (Wildman–Crippen LogP) is 0.470. The summed E-state index contributed by atoms with van der Waals surface area (Å²) in [5.74, 6) is 2.18. The predicted molar refractivity (Wildman–Crippen MR) is 62.0 cm³/mol. The average molecular weight is 245 g/mol. The average Bonchev–Trinajstić information content (AvgIpc) is 3.01. The van der Waals surface area contributed by atoms with E-state index in [4.69, 9.17) is 0 Å². The van der Waals surface area contributed by atoms with Gasteiger partial charge in [-0.25, -0.2) is 4.98 Å². The lowest BCUT2D eigenvalue weighted by Crippen LogP contribution is -2.08. The molecule has 0 aliphatic heterocycles. The third-order valence-electron chi connectivity index (χ3n) is 2.55. The van der Waals surface area contributed by atoms with Crippen LogP contribution >= 0.6 is 0 Å². The third kappa shape index (κ3) is 1.88. The molecule has 3 heterocycles. The van der Waals surface area contributed by atoms with Crippen molar-refractivity contribution in [1.82, 2.24) is 29.7 Å². The molecule has 0 aromatic carbocycles. The molecular weight excluding hydrogens is 234 g/mol. The van der Waals surface area contributed by atoms with Gasteiger partial charge in [0.2, 0.25) is 12.0 Å². The summed E-state index contributed by atoms with van der Waals surface area (Å²) in [5, 5.41) is 15.0. The summed E-state index contributed by atoms with van der Waals surface area (Å²) in [7, 11) is 0. The number of hydrogen-bond donors (Lipinski definition) is 1. The second-order valence-electron chi connectivity index (χ2n) is 3.74. The number of anilines is 1. The molecule has 0 radical (unpaired) electrons.